The van der Waals surface area contributed by atoms with Gasteiger partial charge in [0.05, 0.1) is 12.2 Å². The Balaban J connectivity index is 2.13. The zero-order chi connectivity index (χ0) is 15.2. The van der Waals surface area contributed by atoms with Crippen molar-refractivity contribution in [2.75, 3.05) is 33.4 Å². The molecule has 1 aromatic rings. The van der Waals surface area contributed by atoms with Crippen LogP contribution >= 0.6 is 22.6 Å². The van der Waals surface area contributed by atoms with Crippen molar-refractivity contribution in [3.05, 3.63) is 32.9 Å². The van der Waals surface area contributed by atoms with Crippen LogP contribution in [0.1, 0.15) is 28.8 Å². The second kappa shape index (κ2) is 8.10. The highest BCUT2D eigenvalue weighted by molar-refractivity contribution is 14.1. The Morgan fingerprint density at radius 1 is 1.52 bits per heavy atom. The van der Waals surface area contributed by atoms with Crippen molar-refractivity contribution >= 4 is 28.5 Å². The number of halogens is 1. The molecular formula is C16H23IN2O2. The molecule has 1 unspecified atom stereocenters. The van der Waals surface area contributed by atoms with E-state index in [1.807, 2.05) is 30.0 Å². The minimum Gasteiger partial charge on any atom is -0.383 e. The Kier molecular flexibility index (Phi) is 6.44. The van der Waals surface area contributed by atoms with Crippen LogP contribution in [0, 0.1) is 10.5 Å². The fourth-order valence-corrected chi connectivity index (χ4v) is 3.23. The number of nitrogens with one attached hydrogen (secondary N) is 1. The van der Waals surface area contributed by atoms with Gasteiger partial charge in [-0.1, -0.05) is 12.1 Å². The van der Waals surface area contributed by atoms with Crippen molar-refractivity contribution in [1.82, 2.24) is 10.2 Å². The van der Waals surface area contributed by atoms with E-state index in [0.29, 0.717) is 19.2 Å². The van der Waals surface area contributed by atoms with E-state index >= 15 is 0 Å². The molecule has 0 bridgehead atoms. The van der Waals surface area contributed by atoms with Gasteiger partial charge in [-0.05, 0) is 60.5 Å². The monoisotopic (exact) mass is 402 g/mol. The van der Waals surface area contributed by atoms with Crippen molar-refractivity contribution in [2.45, 2.75) is 25.8 Å². The van der Waals surface area contributed by atoms with Crippen LogP contribution in [0.2, 0.25) is 0 Å². The zero-order valence-corrected chi connectivity index (χ0v) is 14.9. The molecule has 1 fully saturated rings. The highest BCUT2D eigenvalue weighted by Gasteiger charge is 2.23. The predicted molar refractivity (Wildman–Crippen MR) is 92.7 cm³/mol. The van der Waals surface area contributed by atoms with Gasteiger partial charge in [-0.15, -0.1) is 0 Å². The van der Waals surface area contributed by atoms with Gasteiger partial charge in [0.25, 0.3) is 5.91 Å². The normalized spacial score (nSPS) is 18.0. The van der Waals surface area contributed by atoms with E-state index in [1.165, 1.54) is 6.42 Å². The number of methoxy groups -OCH3 is 1. The van der Waals surface area contributed by atoms with Gasteiger partial charge in [0, 0.05) is 29.8 Å². The molecule has 0 aromatic heterocycles. The number of hydrogen-bond donors (Lipinski definition) is 1. The van der Waals surface area contributed by atoms with Crippen LogP contribution in [0.25, 0.3) is 0 Å². The summed E-state index contributed by atoms with van der Waals surface area (Å²) in [5, 5.41) is 3.46. The van der Waals surface area contributed by atoms with Crippen LogP contribution in [0.3, 0.4) is 0 Å². The molecule has 21 heavy (non-hydrogen) atoms. The number of carbonyl (C=O) groups excluding carboxylic acids is 1. The zero-order valence-electron chi connectivity index (χ0n) is 12.7. The van der Waals surface area contributed by atoms with Crippen molar-refractivity contribution in [1.29, 1.82) is 0 Å². The lowest BCUT2D eigenvalue weighted by Gasteiger charge is -2.26. The minimum absolute atomic E-state index is 0.105. The molecule has 1 aliphatic heterocycles. The molecule has 0 aliphatic carbocycles. The lowest BCUT2D eigenvalue weighted by Crippen LogP contribution is -2.43. The van der Waals surface area contributed by atoms with Gasteiger partial charge in [0.15, 0.2) is 0 Å². The number of amides is 1. The number of rotatable bonds is 6. The third kappa shape index (κ3) is 4.40. The fraction of sp³-hybridized carbons (Fsp3) is 0.562. The summed E-state index contributed by atoms with van der Waals surface area (Å²) in [5.74, 6) is 0.105. The maximum Gasteiger partial charge on any atom is 0.255 e. The van der Waals surface area contributed by atoms with Crippen LogP contribution in [-0.2, 0) is 4.74 Å². The fourth-order valence-electron chi connectivity index (χ4n) is 2.64. The summed E-state index contributed by atoms with van der Waals surface area (Å²) in [7, 11) is 1.67. The molecule has 116 valence electrons. The summed E-state index contributed by atoms with van der Waals surface area (Å²) in [4.78, 5) is 14.8. The largest absolute Gasteiger partial charge is 0.383 e. The number of ether oxygens (including phenoxy) is 1. The second-order valence-corrected chi connectivity index (χ2v) is 6.55. The molecule has 4 nitrogen and oxygen atoms in total. The Labute approximate surface area is 140 Å². The third-order valence-electron chi connectivity index (χ3n) is 3.88. The maximum absolute atomic E-state index is 12.8. The minimum atomic E-state index is 0.105. The van der Waals surface area contributed by atoms with Crippen molar-refractivity contribution in [3.63, 3.8) is 0 Å². The first-order valence-corrected chi connectivity index (χ1v) is 8.48. The Morgan fingerprint density at radius 3 is 3.00 bits per heavy atom. The Morgan fingerprint density at radius 2 is 2.33 bits per heavy atom. The third-order valence-corrected chi connectivity index (χ3v) is 5.31. The first kappa shape index (κ1) is 16.7. The van der Waals surface area contributed by atoms with Crippen LogP contribution in [0.4, 0.5) is 0 Å². The number of carbonyl (C=O) groups is 1. The number of hydrogen-bond acceptors (Lipinski definition) is 3. The summed E-state index contributed by atoms with van der Waals surface area (Å²) in [6.07, 6.45) is 2.33. The maximum atomic E-state index is 12.8. The Bertz CT molecular complexity index is 487. The molecule has 1 N–H and O–H groups in total. The molecule has 0 spiro atoms. The molecule has 1 aliphatic rings. The molecule has 5 heteroatoms. The van der Waals surface area contributed by atoms with Gasteiger partial charge >= 0.3 is 0 Å². The van der Waals surface area contributed by atoms with E-state index in [9.17, 15) is 4.79 Å². The highest BCUT2D eigenvalue weighted by Crippen LogP contribution is 2.19. The van der Waals surface area contributed by atoms with E-state index < -0.39 is 0 Å². The smallest absolute Gasteiger partial charge is 0.255 e. The van der Waals surface area contributed by atoms with Crippen molar-refractivity contribution < 1.29 is 9.53 Å². The number of nitrogens with zero attached hydrogens (tertiary/aromatic N) is 1. The van der Waals surface area contributed by atoms with Gasteiger partial charge in [-0.25, -0.2) is 0 Å². The molecule has 1 amide bonds. The molecule has 1 atom stereocenters. The molecule has 1 saturated heterocycles. The van der Waals surface area contributed by atoms with Crippen LogP contribution < -0.4 is 5.32 Å². The highest BCUT2D eigenvalue weighted by atomic mass is 127. The van der Waals surface area contributed by atoms with E-state index in [-0.39, 0.29) is 5.91 Å². The van der Waals surface area contributed by atoms with Crippen LogP contribution in [0.15, 0.2) is 18.2 Å². The second-order valence-electron chi connectivity index (χ2n) is 5.47. The van der Waals surface area contributed by atoms with E-state index in [0.717, 1.165) is 34.2 Å². The summed E-state index contributed by atoms with van der Waals surface area (Å²) in [5.41, 5.74) is 1.94. The summed E-state index contributed by atoms with van der Waals surface area (Å²) in [6, 6.07) is 6.32. The van der Waals surface area contributed by atoms with Gasteiger partial charge in [-0.2, -0.15) is 0 Å². The van der Waals surface area contributed by atoms with E-state index in [1.54, 1.807) is 7.11 Å². The molecule has 2 rings (SSSR count). The number of aryl methyl sites for hydroxylation is 1. The van der Waals surface area contributed by atoms with Gasteiger partial charge in [-0.3, -0.25) is 4.79 Å². The predicted octanol–water partition coefficient (Wildman–Crippen LogP) is 2.44. The van der Waals surface area contributed by atoms with E-state index in [4.69, 9.17) is 4.74 Å². The molecular weight excluding hydrogens is 379 g/mol. The molecule has 0 saturated carbocycles. The van der Waals surface area contributed by atoms with Gasteiger partial charge < -0.3 is 15.0 Å². The Hall–Kier alpha value is -0.660. The van der Waals surface area contributed by atoms with Crippen LogP contribution in [0.5, 0.6) is 0 Å². The SMILES string of the molecule is COCCN(CC1CCCN1)C(=O)c1cccc(C)c1I. The first-order chi connectivity index (χ1) is 10.1. The molecule has 0 radical (unpaired) electrons. The standard InChI is InChI=1S/C16H23IN2O2/c1-12-5-3-7-14(15(12)17)16(20)19(9-10-21-2)11-13-6-4-8-18-13/h3,5,7,13,18H,4,6,8-11H2,1-2H3. The topological polar surface area (TPSA) is 41.6 Å². The summed E-state index contributed by atoms with van der Waals surface area (Å²) < 4.78 is 6.20. The van der Waals surface area contributed by atoms with E-state index in [2.05, 4.69) is 27.9 Å². The lowest BCUT2D eigenvalue weighted by atomic mass is 10.1. The van der Waals surface area contributed by atoms with Gasteiger partial charge in [0.1, 0.15) is 0 Å². The summed E-state index contributed by atoms with van der Waals surface area (Å²) in [6.45, 7) is 5.06. The van der Waals surface area contributed by atoms with Crippen molar-refractivity contribution in [3.8, 4) is 0 Å². The lowest BCUT2D eigenvalue weighted by molar-refractivity contribution is 0.0678. The quantitative estimate of drug-likeness (QED) is 0.744. The molecule has 1 heterocycles. The van der Waals surface area contributed by atoms with Crippen LogP contribution in [-0.4, -0.2) is 50.2 Å². The first-order valence-electron chi connectivity index (χ1n) is 7.40. The average Bonchev–Trinajstić information content (AvgIpc) is 2.98. The molecule has 1 aromatic carbocycles. The van der Waals surface area contributed by atoms with Crippen molar-refractivity contribution in [2.24, 2.45) is 0 Å². The average molecular weight is 402 g/mol. The summed E-state index contributed by atoms with van der Waals surface area (Å²) >= 11 is 2.26. The van der Waals surface area contributed by atoms with Gasteiger partial charge in [0.2, 0.25) is 0 Å². The number of benzene rings is 1.